The normalized spacial score (nSPS) is 29.9. The highest BCUT2D eigenvalue weighted by molar-refractivity contribution is 7.07. The van der Waals surface area contributed by atoms with Gasteiger partial charge in [0.15, 0.2) is 0 Å². The fourth-order valence-electron chi connectivity index (χ4n) is 3.84. The van der Waals surface area contributed by atoms with Crippen LogP contribution in [0.15, 0.2) is 16.8 Å². The van der Waals surface area contributed by atoms with Crippen molar-refractivity contribution in [3.05, 3.63) is 22.4 Å². The summed E-state index contributed by atoms with van der Waals surface area (Å²) in [6.07, 6.45) is 3.66. The molecule has 0 spiro atoms. The van der Waals surface area contributed by atoms with Crippen LogP contribution in [0.4, 0.5) is 0 Å². The summed E-state index contributed by atoms with van der Waals surface area (Å²) in [4.78, 5) is 17.0. The van der Waals surface area contributed by atoms with Crippen LogP contribution in [0.3, 0.4) is 0 Å². The Labute approximate surface area is 136 Å². The van der Waals surface area contributed by atoms with Crippen LogP contribution in [0.2, 0.25) is 0 Å². The van der Waals surface area contributed by atoms with Crippen molar-refractivity contribution in [1.82, 2.24) is 9.80 Å². The molecule has 4 nitrogen and oxygen atoms in total. The van der Waals surface area contributed by atoms with E-state index in [1.165, 1.54) is 12.0 Å². The molecule has 5 heteroatoms. The van der Waals surface area contributed by atoms with E-state index < -0.39 is 0 Å². The second-order valence-corrected chi connectivity index (χ2v) is 7.69. The maximum Gasteiger partial charge on any atom is 0.225 e. The Bertz CT molecular complexity index is 515. The summed E-state index contributed by atoms with van der Waals surface area (Å²) < 4.78 is 6.06. The summed E-state index contributed by atoms with van der Waals surface area (Å²) in [5.74, 6) is 1.17. The molecule has 0 bridgehead atoms. The lowest BCUT2D eigenvalue weighted by Crippen LogP contribution is -2.39. The van der Waals surface area contributed by atoms with E-state index in [1.807, 2.05) is 0 Å². The van der Waals surface area contributed by atoms with Crippen LogP contribution in [0, 0.1) is 11.8 Å². The number of ether oxygens (including phenoxy) is 1. The van der Waals surface area contributed by atoms with Gasteiger partial charge in [0.1, 0.15) is 0 Å². The average molecular weight is 320 g/mol. The van der Waals surface area contributed by atoms with Gasteiger partial charge in [-0.1, -0.05) is 6.42 Å². The van der Waals surface area contributed by atoms with E-state index in [9.17, 15) is 4.79 Å². The van der Waals surface area contributed by atoms with Crippen molar-refractivity contribution in [1.29, 1.82) is 0 Å². The number of nitrogens with zero attached hydrogens (tertiary/aromatic N) is 2. The number of amides is 1. The maximum atomic E-state index is 12.5. The number of rotatable bonds is 3. The van der Waals surface area contributed by atoms with E-state index in [2.05, 4.69) is 26.6 Å². The number of hydrogen-bond donors (Lipinski definition) is 0. The summed E-state index contributed by atoms with van der Waals surface area (Å²) >= 11 is 1.76. The molecule has 0 aromatic carbocycles. The predicted molar refractivity (Wildman–Crippen MR) is 86.7 cm³/mol. The minimum absolute atomic E-state index is 0.247. The first-order valence-electron chi connectivity index (χ1n) is 8.43. The van der Waals surface area contributed by atoms with Crippen LogP contribution in [-0.2, 0) is 16.1 Å². The van der Waals surface area contributed by atoms with Crippen LogP contribution < -0.4 is 0 Å². The van der Waals surface area contributed by atoms with E-state index in [0.717, 1.165) is 52.2 Å². The van der Waals surface area contributed by atoms with Crippen molar-refractivity contribution in [2.45, 2.75) is 31.9 Å². The Morgan fingerprint density at radius 1 is 1.32 bits per heavy atom. The molecule has 2 saturated heterocycles. The zero-order valence-corrected chi connectivity index (χ0v) is 13.8. The molecule has 1 aliphatic carbocycles. The molecule has 22 heavy (non-hydrogen) atoms. The van der Waals surface area contributed by atoms with Gasteiger partial charge in [-0.15, -0.1) is 0 Å². The van der Waals surface area contributed by atoms with Crippen LogP contribution in [0.5, 0.6) is 0 Å². The molecule has 4 rings (SSSR count). The number of carbonyl (C=O) groups excluding carboxylic acids is 1. The van der Waals surface area contributed by atoms with Gasteiger partial charge >= 0.3 is 0 Å². The van der Waals surface area contributed by atoms with Crippen molar-refractivity contribution in [2.24, 2.45) is 11.8 Å². The van der Waals surface area contributed by atoms with Crippen molar-refractivity contribution in [3.8, 4) is 0 Å². The number of fused-ring (bicyclic) bond motifs is 1. The van der Waals surface area contributed by atoms with Gasteiger partial charge in [0.05, 0.1) is 12.7 Å². The van der Waals surface area contributed by atoms with Gasteiger partial charge in [-0.05, 0) is 35.2 Å². The molecule has 3 heterocycles. The van der Waals surface area contributed by atoms with Gasteiger partial charge in [-0.2, -0.15) is 11.3 Å². The number of carbonyl (C=O) groups is 1. The standard InChI is InChI=1S/C17H24N2O2S/c20-17(14-2-1-3-14)19-10-15-9-18(5-6-21-16(15)11-19)8-13-4-7-22-12-13/h4,7,12,14-16H,1-3,5-6,8-11H2/t15-,16+/m0/s1. The van der Waals surface area contributed by atoms with E-state index in [1.54, 1.807) is 11.3 Å². The second-order valence-electron chi connectivity index (χ2n) is 6.91. The third-order valence-corrected chi connectivity index (χ3v) is 6.10. The zero-order valence-electron chi connectivity index (χ0n) is 12.9. The number of likely N-dealkylation sites (tertiary alicyclic amines) is 1. The van der Waals surface area contributed by atoms with E-state index in [-0.39, 0.29) is 6.10 Å². The van der Waals surface area contributed by atoms with Crippen LogP contribution in [0.1, 0.15) is 24.8 Å². The molecular weight excluding hydrogens is 296 g/mol. The molecule has 2 atom stereocenters. The summed E-state index contributed by atoms with van der Waals surface area (Å²) in [7, 11) is 0. The highest BCUT2D eigenvalue weighted by atomic mass is 32.1. The van der Waals surface area contributed by atoms with Crippen molar-refractivity contribution in [3.63, 3.8) is 0 Å². The SMILES string of the molecule is O=C(C1CCC1)N1C[C@@H]2CN(Cc3ccsc3)CCO[C@@H]2C1. The topological polar surface area (TPSA) is 32.8 Å². The molecular formula is C17H24N2O2S. The van der Waals surface area contributed by atoms with E-state index in [0.29, 0.717) is 17.7 Å². The highest BCUT2D eigenvalue weighted by Gasteiger charge is 2.41. The monoisotopic (exact) mass is 320 g/mol. The lowest BCUT2D eigenvalue weighted by atomic mass is 9.84. The van der Waals surface area contributed by atoms with Gasteiger partial charge in [0.2, 0.25) is 5.91 Å². The molecule has 3 aliphatic rings. The molecule has 2 aliphatic heterocycles. The highest BCUT2D eigenvalue weighted by Crippen LogP contribution is 2.32. The van der Waals surface area contributed by atoms with Gasteiger partial charge in [-0.3, -0.25) is 9.69 Å². The van der Waals surface area contributed by atoms with E-state index >= 15 is 0 Å². The number of hydrogen-bond acceptors (Lipinski definition) is 4. The Hall–Kier alpha value is -0.910. The number of thiophene rings is 1. The third-order valence-electron chi connectivity index (χ3n) is 5.37. The lowest BCUT2D eigenvalue weighted by Gasteiger charge is -2.29. The average Bonchev–Trinajstić information content (AvgIpc) is 3.04. The summed E-state index contributed by atoms with van der Waals surface area (Å²) in [5, 5.41) is 4.37. The quantitative estimate of drug-likeness (QED) is 0.856. The zero-order chi connectivity index (χ0) is 14.9. The molecule has 1 saturated carbocycles. The fraction of sp³-hybridized carbons (Fsp3) is 0.706. The van der Waals surface area contributed by atoms with Crippen LogP contribution in [-0.4, -0.2) is 54.6 Å². The molecule has 0 radical (unpaired) electrons. The van der Waals surface area contributed by atoms with Gasteiger partial charge < -0.3 is 9.64 Å². The van der Waals surface area contributed by atoms with Gasteiger partial charge in [-0.25, -0.2) is 0 Å². The van der Waals surface area contributed by atoms with Crippen LogP contribution in [0.25, 0.3) is 0 Å². The van der Waals surface area contributed by atoms with Crippen molar-refractivity contribution in [2.75, 3.05) is 32.8 Å². The second kappa shape index (κ2) is 6.30. The first-order valence-corrected chi connectivity index (χ1v) is 9.37. The summed E-state index contributed by atoms with van der Waals surface area (Å²) in [5.41, 5.74) is 1.39. The fourth-order valence-corrected chi connectivity index (χ4v) is 4.50. The van der Waals surface area contributed by atoms with Gasteiger partial charge in [0.25, 0.3) is 0 Å². The van der Waals surface area contributed by atoms with Crippen molar-refractivity contribution < 1.29 is 9.53 Å². The largest absolute Gasteiger partial charge is 0.375 e. The van der Waals surface area contributed by atoms with Crippen LogP contribution >= 0.6 is 11.3 Å². The Morgan fingerprint density at radius 2 is 2.23 bits per heavy atom. The smallest absolute Gasteiger partial charge is 0.225 e. The summed E-state index contributed by atoms with van der Waals surface area (Å²) in [6, 6.07) is 2.20. The minimum atomic E-state index is 0.247. The Morgan fingerprint density at radius 3 is 2.95 bits per heavy atom. The molecule has 1 aromatic heterocycles. The molecule has 0 N–H and O–H groups in total. The van der Waals surface area contributed by atoms with E-state index in [4.69, 9.17) is 4.74 Å². The predicted octanol–water partition coefficient (Wildman–Crippen LogP) is 2.21. The summed E-state index contributed by atoms with van der Waals surface area (Å²) in [6.45, 7) is 5.55. The first kappa shape index (κ1) is 14.7. The Balaban J connectivity index is 1.37. The van der Waals surface area contributed by atoms with Crippen molar-refractivity contribution >= 4 is 17.2 Å². The maximum absolute atomic E-state index is 12.5. The molecule has 120 valence electrons. The Kier molecular flexibility index (Phi) is 4.20. The lowest BCUT2D eigenvalue weighted by molar-refractivity contribution is -0.137. The third kappa shape index (κ3) is 2.94. The molecule has 1 amide bonds. The van der Waals surface area contributed by atoms with Gasteiger partial charge in [0, 0.05) is 44.6 Å². The minimum Gasteiger partial charge on any atom is -0.375 e. The molecule has 0 unspecified atom stereocenters. The first-order chi connectivity index (χ1) is 10.8. The molecule has 3 fully saturated rings. The molecule has 1 aromatic rings.